The van der Waals surface area contributed by atoms with Crippen LogP contribution in [0.3, 0.4) is 0 Å². The van der Waals surface area contributed by atoms with Crippen molar-refractivity contribution in [3.8, 4) is 39.7 Å². The molecule has 4 N–H and O–H groups in total. The largest absolute Gasteiger partial charge is 0.453 e. The predicted octanol–water partition coefficient (Wildman–Crippen LogP) is 7.27. The van der Waals surface area contributed by atoms with E-state index in [1.54, 1.807) is 11.1 Å². The Hall–Kier alpha value is -6.69. The van der Waals surface area contributed by atoms with E-state index in [1.165, 1.54) is 14.2 Å². The number of H-pyrrole nitrogens is 2. The molecule has 4 amide bonds. The van der Waals surface area contributed by atoms with E-state index in [-0.39, 0.29) is 41.7 Å². The molecule has 3 aliphatic rings. The lowest BCUT2D eigenvalue weighted by Crippen LogP contribution is -2.51. The molecule has 15 nitrogen and oxygen atoms in total. The van der Waals surface area contributed by atoms with Crippen LogP contribution in [0.25, 0.3) is 44.4 Å². The number of nitrogens with zero attached hydrogens (tertiary/aromatic N) is 5. The molecule has 4 heterocycles. The third-order valence-corrected chi connectivity index (χ3v) is 12.6. The van der Waals surface area contributed by atoms with Gasteiger partial charge in [-0.2, -0.15) is 5.26 Å². The molecule has 2 saturated heterocycles. The quantitative estimate of drug-likeness (QED) is 0.106. The highest BCUT2D eigenvalue weighted by molar-refractivity contribution is 5.91. The molecule has 8 rings (SSSR count). The number of carbonyl (C=O) groups excluding carboxylic acids is 4. The summed E-state index contributed by atoms with van der Waals surface area (Å²) >= 11 is 0. The number of aromatic amines is 2. The zero-order chi connectivity index (χ0) is 43.0. The van der Waals surface area contributed by atoms with E-state index in [4.69, 9.17) is 14.5 Å². The number of nitrogens with one attached hydrogen (secondary N) is 4. The second kappa shape index (κ2) is 16.8. The summed E-state index contributed by atoms with van der Waals surface area (Å²) in [6.07, 6.45) is 6.08. The molecule has 2 aromatic heterocycles. The minimum Gasteiger partial charge on any atom is -0.453 e. The van der Waals surface area contributed by atoms with Gasteiger partial charge < -0.3 is 39.9 Å². The number of benzene rings is 3. The molecule has 5 aromatic rings. The number of fused-ring (bicyclic) bond motifs is 1. The normalized spacial score (nSPS) is 20.0. The molecule has 1 aliphatic carbocycles. The first kappa shape index (κ1) is 41.1. The van der Waals surface area contributed by atoms with Gasteiger partial charge in [-0.05, 0) is 83.0 Å². The van der Waals surface area contributed by atoms with Gasteiger partial charge in [0.15, 0.2) is 0 Å². The number of carbonyl (C=O) groups is 4. The van der Waals surface area contributed by atoms with Crippen LogP contribution in [0, 0.1) is 28.6 Å². The van der Waals surface area contributed by atoms with E-state index >= 15 is 0 Å². The molecular weight excluding hydrogens is 775 g/mol. The molecule has 2 aliphatic heterocycles. The van der Waals surface area contributed by atoms with Gasteiger partial charge in [0.2, 0.25) is 11.8 Å². The summed E-state index contributed by atoms with van der Waals surface area (Å²) in [5.74, 6) is 0.474. The molecule has 15 heteroatoms. The second-order valence-electron chi connectivity index (χ2n) is 16.9. The van der Waals surface area contributed by atoms with E-state index in [0.29, 0.717) is 25.2 Å². The van der Waals surface area contributed by atoms with E-state index in [2.05, 4.69) is 86.3 Å². The molecule has 316 valence electrons. The standard InChI is InChI=1S/C46H51N9O6/c1-6-34(52-44(58)60-4)42(56)54-24-27(21-47)17-37(54)40-48-23-36(51-40)33-14-13-31-18-30(11-12-32(31)19-33)28-7-9-29(10-8-28)35-22-49-41(50-35)38-20-46(15-16-46)25-55(38)43(57)39(26(2)3)53-45(59)61-5/h7-14,18-19,22-23,26-27,34,37-39H,6,15-17,20,24-25H2,1-5H3,(H,48,51)(H,49,50)(H,52,58)(H,53,59). The first-order valence-electron chi connectivity index (χ1n) is 20.9. The number of imidazole rings is 2. The van der Waals surface area contributed by atoms with Crippen LogP contribution in [0.1, 0.15) is 76.6 Å². The highest BCUT2D eigenvalue weighted by atomic mass is 16.5. The van der Waals surface area contributed by atoms with Crippen LogP contribution in [0.5, 0.6) is 0 Å². The fourth-order valence-electron chi connectivity index (χ4n) is 8.86. The number of methoxy groups -OCH3 is 2. The highest BCUT2D eigenvalue weighted by Crippen LogP contribution is 2.58. The maximum absolute atomic E-state index is 13.9. The predicted molar refractivity (Wildman–Crippen MR) is 227 cm³/mol. The molecular formula is C46H51N9O6. The second-order valence-corrected chi connectivity index (χ2v) is 16.9. The van der Waals surface area contributed by atoms with Gasteiger partial charge in [0.25, 0.3) is 0 Å². The minimum atomic E-state index is -0.777. The molecule has 3 fully saturated rings. The number of rotatable bonds is 11. The highest BCUT2D eigenvalue weighted by Gasteiger charge is 2.55. The van der Waals surface area contributed by atoms with Crippen LogP contribution < -0.4 is 10.6 Å². The van der Waals surface area contributed by atoms with Crippen LogP contribution in [-0.2, 0) is 19.1 Å². The average Bonchev–Trinajstić information content (AvgIpc) is 3.78. The van der Waals surface area contributed by atoms with Gasteiger partial charge >= 0.3 is 12.2 Å². The third kappa shape index (κ3) is 8.27. The Morgan fingerprint density at radius 2 is 1.38 bits per heavy atom. The fourth-order valence-corrected chi connectivity index (χ4v) is 8.86. The van der Waals surface area contributed by atoms with Crippen molar-refractivity contribution < 1.29 is 28.7 Å². The Bertz CT molecular complexity index is 2500. The molecule has 1 saturated carbocycles. The number of aromatic nitrogens is 4. The third-order valence-electron chi connectivity index (χ3n) is 12.6. The van der Waals surface area contributed by atoms with Crippen molar-refractivity contribution in [1.29, 1.82) is 5.26 Å². The van der Waals surface area contributed by atoms with Gasteiger partial charge in [-0.1, -0.05) is 69.3 Å². The maximum atomic E-state index is 13.9. The Kier molecular flexibility index (Phi) is 11.3. The summed E-state index contributed by atoms with van der Waals surface area (Å²) < 4.78 is 9.52. The number of alkyl carbamates (subject to hydrolysis) is 2. The SMILES string of the molecule is CCC(NC(=O)OC)C(=O)N1CC(C#N)CC1c1ncc(-c2ccc3cc(-c4ccc(-c5cnc(C6CC7(CC7)CN6C(=O)C(NC(=O)OC)C(C)C)[nH]5)cc4)ccc3c2)[nH]1. The average molecular weight is 826 g/mol. The topological polar surface area (TPSA) is 198 Å². The number of nitriles is 1. The molecule has 1 spiro atoms. The van der Waals surface area contributed by atoms with Gasteiger partial charge in [0.05, 0.1) is 62.1 Å². The van der Waals surface area contributed by atoms with Crippen LogP contribution in [0.2, 0.25) is 0 Å². The smallest absolute Gasteiger partial charge is 0.407 e. The molecule has 5 atom stereocenters. The van der Waals surface area contributed by atoms with Gasteiger partial charge in [0, 0.05) is 18.7 Å². The monoisotopic (exact) mass is 825 g/mol. The Morgan fingerprint density at radius 3 is 1.98 bits per heavy atom. The Morgan fingerprint density at radius 1 is 0.803 bits per heavy atom. The van der Waals surface area contributed by atoms with Crippen molar-refractivity contribution in [2.24, 2.45) is 17.3 Å². The van der Waals surface area contributed by atoms with Crippen LogP contribution in [0.4, 0.5) is 9.59 Å². The van der Waals surface area contributed by atoms with Crippen LogP contribution in [0.15, 0.2) is 73.1 Å². The van der Waals surface area contributed by atoms with E-state index in [9.17, 15) is 24.4 Å². The number of likely N-dealkylation sites (tertiary alicyclic amines) is 2. The zero-order valence-corrected chi connectivity index (χ0v) is 35.0. The number of amides is 4. The summed E-state index contributed by atoms with van der Waals surface area (Å²) in [6, 6.07) is 21.1. The van der Waals surface area contributed by atoms with Gasteiger partial charge in [-0.25, -0.2) is 19.6 Å². The van der Waals surface area contributed by atoms with Crippen molar-refractivity contribution in [3.05, 3.63) is 84.7 Å². The van der Waals surface area contributed by atoms with Crippen molar-refractivity contribution in [3.63, 3.8) is 0 Å². The van der Waals surface area contributed by atoms with Gasteiger partial charge in [-0.15, -0.1) is 0 Å². The summed E-state index contributed by atoms with van der Waals surface area (Å²) in [7, 11) is 2.55. The van der Waals surface area contributed by atoms with Crippen LogP contribution in [-0.4, -0.2) is 93.1 Å². The molecule has 5 unspecified atom stereocenters. The lowest BCUT2D eigenvalue weighted by molar-refractivity contribution is -0.136. The summed E-state index contributed by atoms with van der Waals surface area (Å²) in [5.41, 5.74) is 5.82. The molecule has 0 bridgehead atoms. The summed E-state index contributed by atoms with van der Waals surface area (Å²) in [6.45, 7) is 6.55. The maximum Gasteiger partial charge on any atom is 0.407 e. The van der Waals surface area contributed by atoms with Crippen molar-refractivity contribution >= 4 is 34.8 Å². The van der Waals surface area contributed by atoms with Crippen molar-refractivity contribution in [2.45, 2.75) is 77.0 Å². The number of hydrogen-bond donors (Lipinski definition) is 4. The van der Waals surface area contributed by atoms with E-state index in [1.807, 2.05) is 37.9 Å². The summed E-state index contributed by atoms with van der Waals surface area (Å²) in [5, 5.41) is 17.2. The number of hydrogen-bond acceptors (Lipinski definition) is 9. The van der Waals surface area contributed by atoms with Crippen molar-refractivity contribution in [1.82, 2.24) is 40.4 Å². The summed E-state index contributed by atoms with van der Waals surface area (Å²) in [4.78, 5) is 71.3. The van der Waals surface area contributed by atoms with E-state index < -0.39 is 30.3 Å². The lowest BCUT2D eigenvalue weighted by Gasteiger charge is -2.30. The van der Waals surface area contributed by atoms with Gasteiger partial charge in [0.1, 0.15) is 23.7 Å². The lowest BCUT2D eigenvalue weighted by atomic mass is 9.98. The molecule has 0 radical (unpaired) electrons. The molecule has 61 heavy (non-hydrogen) atoms. The first-order chi connectivity index (χ1) is 29.4. The first-order valence-corrected chi connectivity index (χ1v) is 20.9. The van der Waals surface area contributed by atoms with E-state index in [0.717, 1.165) is 69.5 Å². The minimum absolute atomic E-state index is 0.112. The Labute approximate surface area is 354 Å². The molecule has 3 aromatic carbocycles. The fraction of sp³-hybridized carbons (Fsp3) is 0.413. The van der Waals surface area contributed by atoms with Crippen molar-refractivity contribution in [2.75, 3.05) is 27.3 Å². The van der Waals surface area contributed by atoms with Crippen LogP contribution >= 0.6 is 0 Å². The number of ether oxygens (including phenoxy) is 2. The Balaban J connectivity index is 0.960. The van der Waals surface area contributed by atoms with Gasteiger partial charge in [-0.3, -0.25) is 9.59 Å². The zero-order valence-electron chi connectivity index (χ0n) is 35.0.